The molecule has 1 unspecified atom stereocenters. The number of nitrogens with zero attached hydrogens (tertiary/aromatic N) is 1. The molecule has 5 nitrogen and oxygen atoms in total. The molecule has 0 bridgehead atoms. The molecule has 0 saturated carbocycles. The summed E-state index contributed by atoms with van der Waals surface area (Å²) in [5.74, 6) is -0.912. The minimum atomic E-state index is -0.925. The van der Waals surface area contributed by atoms with Crippen LogP contribution in [0.4, 0.5) is 0 Å². The van der Waals surface area contributed by atoms with E-state index in [4.69, 9.17) is 5.11 Å². The van der Waals surface area contributed by atoms with Crippen molar-refractivity contribution < 1.29 is 14.7 Å². The Morgan fingerprint density at radius 3 is 2.24 bits per heavy atom. The van der Waals surface area contributed by atoms with Gasteiger partial charge in [-0.05, 0) is 19.8 Å². The average molecular weight is 242 g/mol. The van der Waals surface area contributed by atoms with Crippen molar-refractivity contribution in [1.29, 1.82) is 0 Å². The number of carboxylic acid groups (broad SMARTS) is 1. The van der Waals surface area contributed by atoms with Crippen molar-refractivity contribution in [3.63, 3.8) is 0 Å². The third kappa shape index (κ3) is 5.17. The zero-order chi connectivity index (χ0) is 12.7. The molecule has 2 N–H and O–H groups in total. The van der Waals surface area contributed by atoms with Crippen LogP contribution in [0.5, 0.6) is 0 Å². The fourth-order valence-electron chi connectivity index (χ4n) is 1.94. The fraction of sp³-hybridized carbons (Fsp3) is 0.833. The molecule has 1 heterocycles. The first-order valence-corrected chi connectivity index (χ1v) is 6.35. The molecule has 1 amide bonds. The largest absolute Gasteiger partial charge is 0.480 e. The van der Waals surface area contributed by atoms with Gasteiger partial charge in [0, 0.05) is 13.1 Å². The van der Waals surface area contributed by atoms with E-state index >= 15 is 0 Å². The molecule has 98 valence electrons. The van der Waals surface area contributed by atoms with Crippen LogP contribution in [0.15, 0.2) is 0 Å². The maximum atomic E-state index is 11.9. The molecule has 1 fully saturated rings. The van der Waals surface area contributed by atoms with Crippen molar-refractivity contribution in [3.05, 3.63) is 0 Å². The van der Waals surface area contributed by atoms with Gasteiger partial charge in [-0.25, -0.2) is 0 Å². The zero-order valence-corrected chi connectivity index (χ0v) is 10.4. The van der Waals surface area contributed by atoms with Crippen molar-refractivity contribution >= 4 is 11.9 Å². The molecule has 0 radical (unpaired) electrons. The molecule has 0 aromatic heterocycles. The molecule has 0 spiro atoms. The van der Waals surface area contributed by atoms with Crippen LogP contribution in [0.2, 0.25) is 0 Å². The fourth-order valence-corrected chi connectivity index (χ4v) is 1.94. The van der Waals surface area contributed by atoms with Crippen LogP contribution in [-0.2, 0) is 9.59 Å². The number of carbonyl (C=O) groups is 2. The van der Waals surface area contributed by atoms with Crippen molar-refractivity contribution in [2.45, 2.75) is 45.1 Å². The summed E-state index contributed by atoms with van der Waals surface area (Å²) in [6.45, 7) is 3.28. The Bertz CT molecular complexity index is 260. The number of hydrogen-bond donors (Lipinski definition) is 2. The first-order chi connectivity index (χ1) is 8.11. The first-order valence-electron chi connectivity index (χ1n) is 6.35. The number of hydrogen-bond acceptors (Lipinski definition) is 3. The van der Waals surface area contributed by atoms with Gasteiger partial charge in [0.25, 0.3) is 0 Å². The van der Waals surface area contributed by atoms with Gasteiger partial charge in [-0.1, -0.05) is 19.3 Å². The number of amides is 1. The minimum Gasteiger partial charge on any atom is -0.480 e. The van der Waals surface area contributed by atoms with Gasteiger partial charge in [-0.2, -0.15) is 0 Å². The normalized spacial score (nSPS) is 19.2. The molecule has 0 aromatic rings. The van der Waals surface area contributed by atoms with Crippen LogP contribution in [0, 0.1) is 0 Å². The Morgan fingerprint density at radius 1 is 1.18 bits per heavy atom. The predicted octanol–water partition coefficient (Wildman–Crippen LogP) is 0.842. The number of carbonyl (C=O) groups excluding carboxylic acids is 1. The second-order valence-electron chi connectivity index (χ2n) is 4.59. The lowest BCUT2D eigenvalue weighted by Gasteiger charge is -2.25. The predicted molar refractivity (Wildman–Crippen MR) is 64.8 cm³/mol. The van der Waals surface area contributed by atoms with E-state index in [0.29, 0.717) is 0 Å². The number of likely N-dealkylation sites (tertiary alicyclic amines) is 1. The smallest absolute Gasteiger partial charge is 0.320 e. The molecular formula is C12H22N2O3. The maximum Gasteiger partial charge on any atom is 0.320 e. The topological polar surface area (TPSA) is 69.6 Å². The maximum absolute atomic E-state index is 11.9. The van der Waals surface area contributed by atoms with Crippen molar-refractivity contribution in [1.82, 2.24) is 10.2 Å². The van der Waals surface area contributed by atoms with E-state index in [0.717, 1.165) is 25.9 Å². The van der Waals surface area contributed by atoms with Crippen LogP contribution in [0.3, 0.4) is 0 Å². The standard InChI is InChI=1S/C12H22N2O3/c1-10(12(16)17)13-9-11(15)14-7-5-3-2-4-6-8-14/h10,13H,2-9H2,1H3,(H,16,17). The Morgan fingerprint density at radius 2 is 1.71 bits per heavy atom. The summed E-state index contributed by atoms with van der Waals surface area (Å²) in [6, 6.07) is -0.672. The van der Waals surface area contributed by atoms with Gasteiger partial charge in [0.1, 0.15) is 6.04 Å². The molecule has 1 rings (SSSR count). The second-order valence-corrected chi connectivity index (χ2v) is 4.59. The minimum absolute atomic E-state index is 0.0139. The van der Waals surface area contributed by atoms with E-state index in [2.05, 4.69) is 5.32 Å². The first kappa shape index (κ1) is 14.0. The highest BCUT2D eigenvalue weighted by Gasteiger charge is 2.17. The van der Waals surface area contributed by atoms with E-state index in [1.165, 1.54) is 19.3 Å². The summed E-state index contributed by atoms with van der Waals surface area (Å²) in [5, 5.41) is 11.4. The summed E-state index contributed by atoms with van der Waals surface area (Å²) in [5.41, 5.74) is 0. The third-order valence-corrected chi connectivity index (χ3v) is 3.14. The van der Waals surface area contributed by atoms with Crippen LogP contribution in [0.25, 0.3) is 0 Å². The molecule has 1 aliphatic rings. The third-order valence-electron chi connectivity index (χ3n) is 3.14. The Labute approximate surface area is 102 Å². The Hall–Kier alpha value is -1.10. The summed E-state index contributed by atoms with van der Waals surface area (Å²) in [4.78, 5) is 24.3. The second kappa shape index (κ2) is 7.27. The van der Waals surface area contributed by atoms with Gasteiger partial charge >= 0.3 is 5.97 Å². The molecule has 1 saturated heterocycles. The van der Waals surface area contributed by atoms with Gasteiger partial charge in [0.2, 0.25) is 5.91 Å². The Balaban J connectivity index is 2.32. The molecule has 0 aromatic carbocycles. The summed E-state index contributed by atoms with van der Waals surface area (Å²) < 4.78 is 0. The monoisotopic (exact) mass is 242 g/mol. The highest BCUT2D eigenvalue weighted by atomic mass is 16.4. The number of rotatable bonds is 4. The molecule has 1 atom stereocenters. The van der Waals surface area contributed by atoms with E-state index in [1.807, 2.05) is 4.90 Å². The number of carboxylic acids is 1. The van der Waals surface area contributed by atoms with Crippen LogP contribution in [-0.4, -0.2) is 47.6 Å². The van der Waals surface area contributed by atoms with Gasteiger partial charge in [-0.15, -0.1) is 0 Å². The van der Waals surface area contributed by atoms with Gasteiger partial charge in [0.05, 0.1) is 6.54 Å². The van der Waals surface area contributed by atoms with Crippen LogP contribution in [0.1, 0.15) is 39.0 Å². The Kier molecular flexibility index (Phi) is 5.97. The summed E-state index contributed by atoms with van der Waals surface area (Å²) >= 11 is 0. The molecule has 5 heteroatoms. The van der Waals surface area contributed by atoms with Crippen molar-refractivity contribution in [2.24, 2.45) is 0 Å². The van der Waals surface area contributed by atoms with E-state index < -0.39 is 12.0 Å². The lowest BCUT2D eigenvalue weighted by Crippen LogP contribution is -2.44. The zero-order valence-electron chi connectivity index (χ0n) is 10.4. The van der Waals surface area contributed by atoms with Gasteiger partial charge in [0.15, 0.2) is 0 Å². The summed E-state index contributed by atoms with van der Waals surface area (Å²) in [7, 11) is 0. The highest BCUT2D eigenvalue weighted by Crippen LogP contribution is 2.10. The highest BCUT2D eigenvalue weighted by molar-refractivity contribution is 5.79. The van der Waals surface area contributed by atoms with Gasteiger partial charge < -0.3 is 10.0 Å². The van der Waals surface area contributed by atoms with E-state index in [9.17, 15) is 9.59 Å². The van der Waals surface area contributed by atoms with Crippen LogP contribution < -0.4 is 5.32 Å². The molecule has 17 heavy (non-hydrogen) atoms. The van der Waals surface area contributed by atoms with E-state index in [1.54, 1.807) is 6.92 Å². The lowest BCUT2D eigenvalue weighted by atomic mass is 10.1. The molecule has 1 aliphatic heterocycles. The van der Waals surface area contributed by atoms with Crippen LogP contribution >= 0.6 is 0 Å². The number of nitrogens with one attached hydrogen (secondary N) is 1. The average Bonchev–Trinajstić information content (AvgIpc) is 2.24. The molecule has 0 aliphatic carbocycles. The lowest BCUT2D eigenvalue weighted by molar-refractivity contribution is -0.139. The number of aliphatic carboxylic acids is 1. The van der Waals surface area contributed by atoms with E-state index in [-0.39, 0.29) is 12.5 Å². The molecular weight excluding hydrogens is 220 g/mol. The summed E-state index contributed by atoms with van der Waals surface area (Å²) in [6.07, 6.45) is 5.74. The SMILES string of the molecule is CC(NCC(=O)N1CCCCCCC1)C(=O)O. The van der Waals surface area contributed by atoms with Crippen molar-refractivity contribution in [2.75, 3.05) is 19.6 Å². The van der Waals surface area contributed by atoms with Gasteiger partial charge in [-0.3, -0.25) is 14.9 Å². The van der Waals surface area contributed by atoms with Crippen molar-refractivity contribution in [3.8, 4) is 0 Å². The quantitative estimate of drug-likeness (QED) is 0.766.